The lowest BCUT2D eigenvalue weighted by Gasteiger charge is -2.29. The Bertz CT molecular complexity index is 557. The second kappa shape index (κ2) is 9.23. The van der Waals surface area contributed by atoms with E-state index in [0.29, 0.717) is 24.7 Å². The van der Waals surface area contributed by atoms with Crippen molar-refractivity contribution in [2.24, 2.45) is 0 Å². The Morgan fingerprint density at radius 1 is 1.17 bits per heavy atom. The van der Waals surface area contributed by atoms with Gasteiger partial charge in [0.1, 0.15) is 0 Å². The van der Waals surface area contributed by atoms with Crippen LogP contribution in [0.2, 0.25) is 0 Å². The molecule has 1 rings (SSSR count). The molecule has 0 aromatic heterocycles. The van der Waals surface area contributed by atoms with Crippen LogP contribution in [0.1, 0.15) is 27.7 Å². The van der Waals surface area contributed by atoms with Gasteiger partial charge in [0.25, 0.3) is 6.64 Å². The van der Waals surface area contributed by atoms with Crippen molar-refractivity contribution < 1.29 is 23.3 Å². The van der Waals surface area contributed by atoms with Crippen molar-refractivity contribution in [3.63, 3.8) is 0 Å². The fourth-order valence-corrected chi connectivity index (χ4v) is 3.83. The highest BCUT2D eigenvalue weighted by Gasteiger charge is 2.31. The van der Waals surface area contributed by atoms with E-state index in [-0.39, 0.29) is 6.10 Å². The monoisotopic (exact) mass is 361 g/mol. The van der Waals surface area contributed by atoms with Gasteiger partial charge in [0, 0.05) is 7.05 Å². The molecule has 0 saturated carbocycles. The van der Waals surface area contributed by atoms with Gasteiger partial charge in [-0.05, 0) is 51.6 Å². The Kier molecular flexibility index (Phi) is 7.99. The van der Waals surface area contributed by atoms with Crippen LogP contribution in [0.3, 0.4) is 0 Å². The van der Waals surface area contributed by atoms with Crippen molar-refractivity contribution >= 4 is 24.5 Å². The lowest BCUT2D eigenvalue weighted by molar-refractivity contribution is 0.163. The molecule has 0 spiro atoms. The number of para-hydroxylation sites is 2. The molecule has 0 aliphatic heterocycles. The summed E-state index contributed by atoms with van der Waals surface area (Å²) >= 11 is 5.38. The lowest BCUT2D eigenvalue weighted by atomic mass is 10.3. The van der Waals surface area contributed by atoms with Gasteiger partial charge in [0.2, 0.25) is 0 Å². The van der Waals surface area contributed by atoms with Gasteiger partial charge in [-0.25, -0.2) is 9.46 Å². The topological polar surface area (TPSA) is 57.2 Å². The van der Waals surface area contributed by atoms with Crippen molar-refractivity contribution in [1.82, 2.24) is 4.67 Å². The molecule has 0 aliphatic rings. The van der Waals surface area contributed by atoms with Crippen LogP contribution in [-0.2, 0) is 20.9 Å². The highest BCUT2D eigenvalue weighted by atomic mass is 32.5. The third-order valence-corrected chi connectivity index (χ3v) is 6.06. The molecule has 0 aliphatic carbocycles. The number of hydrogen-bond donors (Lipinski definition) is 0. The zero-order valence-electron chi connectivity index (χ0n) is 14.1. The molecule has 1 aromatic carbocycles. The number of carbonyl (C=O) groups is 1. The van der Waals surface area contributed by atoms with E-state index in [1.54, 1.807) is 32.0 Å². The molecule has 0 N–H and O–H groups in total. The first-order chi connectivity index (χ1) is 10.8. The second-order valence-electron chi connectivity index (χ2n) is 4.81. The molecule has 1 aromatic rings. The van der Waals surface area contributed by atoms with Gasteiger partial charge in [0.05, 0.1) is 19.3 Å². The SMILES string of the molecule is CCOP(=S)(OCC)N(C)C(=O)Oc1ccccc1OC(C)C. The van der Waals surface area contributed by atoms with Crippen molar-refractivity contribution in [2.45, 2.75) is 33.8 Å². The van der Waals surface area contributed by atoms with E-state index in [1.807, 2.05) is 19.9 Å². The Hall–Kier alpha value is -1.14. The first-order valence-electron chi connectivity index (χ1n) is 7.44. The van der Waals surface area contributed by atoms with Gasteiger partial charge in [0.15, 0.2) is 11.5 Å². The predicted octanol–water partition coefficient (Wildman–Crippen LogP) is 4.20. The molecular weight excluding hydrogens is 337 g/mol. The van der Waals surface area contributed by atoms with Gasteiger partial charge in [-0.1, -0.05) is 12.1 Å². The fourth-order valence-electron chi connectivity index (χ4n) is 1.68. The van der Waals surface area contributed by atoms with E-state index in [4.69, 9.17) is 30.3 Å². The largest absolute Gasteiger partial charge is 0.487 e. The van der Waals surface area contributed by atoms with E-state index in [9.17, 15) is 4.79 Å². The fraction of sp³-hybridized carbons (Fsp3) is 0.533. The molecule has 0 unspecified atom stereocenters. The number of hydrogen-bond acceptors (Lipinski definition) is 6. The molecule has 0 atom stereocenters. The lowest BCUT2D eigenvalue weighted by Crippen LogP contribution is -2.29. The third-order valence-electron chi connectivity index (χ3n) is 2.63. The van der Waals surface area contributed by atoms with Crippen molar-refractivity contribution in [3.8, 4) is 11.5 Å². The van der Waals surface area contributed by atoms with Crippen LogP contribution in [0.5, 0.6) is 11.5 Å². The first kappa shape index (κ1) is 19.9. The summed E-state index contributed by atoms with van der Waals surface area (Å²) in [5, 5.41) is 0. The summed E-state index contributed by atoms with van der Waals surface area (Å²) in [5.74, 6) is 0.818. The molecule has 1 amide bonds. The number of ether oxygens (including phenoxy) is 2. The number of benzene rings is 1. The van der Waals surface area contributed by atoms with Crippen LogP contribution in [0, 0.1) is 0 Å². The minimum atomic E-state index is -2.89. The summed E-state index contributed by atoms with van der Waals surface area (Å²) in [5.41, 5.74) is 0. The maximum absolute atomic E-state index is 12.4. The summed E-state index contributed by atoms with van der Waals surface area (Å²) in [4.78, 5) is 12.4. The van der Waals surface area contributed by atoms with Gasteiger partial charge in [-0.15, -0.1) is 0 Å². The summed E-state index contributed by atoms with van der Waals surface area (Å²) in [7, 11) is 1.51. The minimum Gasteiger partial charge on any atom is -0.487 e. The van der Waals surface area contributed by atoms with Crippen LogP contribution >= 0.6 is 6.64 Å². The average Bonchev–Trinajstić information content (AvgIpc) is 2.48. The van der Waals surface area contributed by atoms with E-state index < -0.39 is 12.7 Å². The molecule has 8 heteroatoms. The standard InChI is InChI=1S/C15H24NO5PS/c1-6-18-22(23,19-7-2)16(5)15(17)21-14-11-9-8-10-13(14)20-12(3)4/h8-12H,6-7H2,1-5H3. The average molecular weight is 361 g/mol. The highest BCUT2D eigenvalue weighted by Crippen LogP contribution is 2.51. The smallest absolute Gasteiger partial charge is 0.422 e. The number of rotatable bonds is 8. The molecule has 0 saturated heterocycles. The Balaban J connectivity index is 2.92. The van der Waals surface area contributed by atoms with Gasteiger partial charge < -0.3 is 18.5 Å². The van der Waals surface area contributed by atoms with E-state index >= 15 is 0 Å². The second-order valence-corrected chi connectivity index (χ2v) is 8.25. The molecule has 6 nitrogen and oxygen atoms in total. The van der Waals surface area contributed by atoms with Crippen LogP contribution < -0.4 is 9.47 Å². The summed E-state index contributed by atoms with van der Waals surface area (Å²) < 4.78 is 23.2. The Morgan fingerprint density at radius 2 is 1.70 bits per heavy atom. The van der Waals surface area contributed by atoms with Crippen molar-refractivity contribution in [2.75, 3.05) is 20.3 Å². The third kappa shape index (κ3) is 5.77. The van der Waals surface area contributed by atoms with Crippen molar-refractivity contribution in [1.29, 1.82) is 0 Å². The zero-order chi connectivity index (χ0) is 17.5. The quantitative estimate of drug-likeness (QED) is 0.647. The Labute approximate surface area is 142 Å². The Morgan fingerprint density at radius 3 is 2.17 bits per heavy atom. The molecule has 130 valence electrons. The molecular formula is C15H24NO5PS. The first-order valence-corrected chi connectivity index (χ1v) is 10.0. The highest BCUT2D eigenvalue weighted by molar-refractivity contribution is 8.09. The predicted molar refractivity (Wildman–Crippen MR) is 93.5 cm³/mol. The van der Waals surface area contributed by atoms with E-state index in [1.165, 1.54) is 11.7 Å². The van der Waals surface area contributed by atoms with Crippen LogP contribution in [0.15, 0.2) is 24.3 Å². The minimum absolute atomic E-state index is 0.0371. The number of carbonyl (C=O) groups excluding carboxylic acids is 1. The van der Waals surface area contributed by atoms with Crippen LogP contribution in [0.4, 0.5) is 4.79 Å². The van der Waals surface area contributed by atoms with Crippen molar-refractivity contribution in [3.05, 3.63) is 24.3 Å². The maximum atomic E-state index is 12.4. The van der Waals surface area contributed by atoms with Gasteiger partial charge in [-0.3, -0.25) is 0 Å². The molecule has 0 radical (unpaired) electrons. The van der Waals surface area contributed by atoms with Crippen LogP contribution in [-0.4, -0.2) is 37.1 Å². The number of amides is 1. The van der Waals surface area contributed by atoms with Gasteiger partial charge in [-0.2, -0.15) is 0 Å². The number of nitrogens with zero attached hydrogens (tertiary/aromatic N) is 1. The molecule has 23 heavy (non-hydrogen) atoms. The normalized spacial score (nSPS) is 11.4. The zero-order valence-corrected chi connectivity index (χ0v) is 15.9. The maximum Gasteiger partial charge on any atom is 0.422 e. The summed E-state index contributed by atoms with van der Waals surface area (Å²) in [6.07, 6.45) is -0.681. The summed E-state index contributed by atoms with van der Waals surface area (Å²) in [6, 6.07) is 6.97. The van der Waals surface area contributed by atoms with Gasteiger partial charge >= 0.3 is 6.09 Å². The molecule has 0 fully saturated rings. The molecule has 0 heterocycles. The molecule has 0 bridgehead atoms. The van der Waals surface area contributed by atoms with E-state index in [2.05, 4.69) is 0 Å². The van der Waals surface area contributed by atoms with Crippen LogP contribution in [0.25, 0.3) is 0 Å². The summed E-state index contributed by atoms with van der Waals surface area (Å²) in [6.45, 7) is 5.19. The van der Waals surface area contributed by atoms with E-state index in [0.717, 1.165) is 0 Å².